The number of nitro benzene ring substituents is 1. The van der Waals surface area contributed by atoms with E-state index in [2.05, 4.69) is 10.2 Å². The van der Waals surface area contributed by atoms with Crippen LogP contribution in [0, 0.1) is 10.1 Å². The van der Waals surface area contributed by atoms with Crippen molar-refractivity contribution in [3.63, 3.8) is 0 Å². The van der Waals surface area contributed by atoms with Crippen LogP contribution in [0.15, 0.2) is 83.0 Å². The van der Waals surface area contributed by atoms with Crippen LogP contribution in [0.4, 0.5) is 17.1 Å². The molecule has 0 aromatic heterocycles. The smallest absolute Gasteiger partial charge is 0.343 e. The standard InChI is InChI=1S/C19H13N3O5/c23-17-9-11-18(12-10-17)27-19(24)13-1-3-14(4-2-13)20-21-15-5-7-16(8-6-15)22(25)26/h1-12,23H. The summed E-state index contributed by atoms with van der Waals surface area (Å²) < 4.78 is 5.20. The van der Waals surface area contributed by atoms with Crippen LogP contribution in [-0.2, 0) is 0 Å². The highest BCUT2D eigenvalue weighted by Gasteiger charge is 2.08. The molecule has 8 nitrogen and oxygen atoms in total. The van der Waals surface area contributed by atoms with Crippen molar-refractivity contribution in [2.24, 2.45) is 10.2 Å². The number of carbonyl (C=O) groups is 1. The minimum Gasteiger partial charge on any atom is -0.508 e. The van der Waals surface area contributed by atoms with Crippen molar-refractivity contribution < 1.29 is 19.6 Å². The summed E-state index contributed by atoms with van der Waals surface area (Å²) in [4.78, 5) is 22.2. The van der Waals surface area contributed by atoms with E-state index in [4.69, 9.17) is 4.74 Å². The Bertz CT molecular complexity index is 981. The molecule has 134 valence electrons. The monoisotopic (exact) mass is 363 g/mol. The fourth-order valence-electron chi connectivity index (χ4n) is 2.10. The molecule has 0 heterocycles. The van der Waals surface area contributed by atoms with Gasteiger partial charge < -0.3 is 9.84 Å². The normalized spacial score (nSPS) is 10.7. The van der Waals surface area contributed by atoms with Gasteiger partial charge in [-0.05, 0) is 60.7 Å². The number of hydrogen-bond donors (Lipinski definition) is 1. The maximum Gasteiger partial charge on any atom is 0.343 e. The number of nitro groups is 1. The van der Waals surface area contributed by atoms with Gasteiger partial charge in [-0.25, -0.2) is 4.79 Å². The number of non-ortho nitro benzene ring substituents is 1. The number of nitrogens with zero attached hydrogens (tertiary/aromatic N) is 3. The van der Waals surface area contributed by atoms with Gasteiger partial charge in [0.2, 0.25) is 0 Å². The van der Waals surface area contributed by atoms with E-state index >= 15 is 0 Å². The van der Waals surface area contributed by atoms with Crippen LogP contribution in [0.3, 0.4) is 0 Å². The SMILES string of the molecule is O=C(Oc1ccc(O)cc1)c1ccc(N=Nc2ccc([N+](=O)[O-])cc2)cc1. The molecule has 0 radical (unpaired) electrons. The van der Waals surface area contributed by atoms with Gasteiger partial charge in [0.05, 0.1) is 21.9 Å². The van der Waals surface area contributed by atoms with Gasteiger partial charge in [0.25, 0.3) is 5.69 Å². The molecular formula is C19H13N3O5. The lowest BCUT2D eigenvalue weighted by atomic mass is 10.2. The van der Waals surface area contributed by atoms with E-state index in [1.54, 1.807) is 24.3 Å². The number of hydrogen-bond acceptors (Lipinski definition) is 7. The third kappa shape index (κ3) is 4.73. The fraction of sp³-hybridized carbons (Fsp3) is 0. The number of ether oxygens (including phenoxy) is 1. The zero-order valence-corrected chi connectivity index (χ0v) is 13.9. The lowest BCUT2D eigenvalue weighted by Crippen LogP contribution is -2.07. The first-order chi connectivity index (χ1) is 13.0. The largest absolute Gasteiger partial charge is 0.508 e. The predicted molar refractivity (Wildman–Crippen MR) is 96.8 cm³/mol. The Kier molecular flexibility index (Phi) is 5.17. The summed E-state index contributed by atoms with van der Waals surface area (Å²) in [5.74, 6) is -0.142. The first-order valence-electron chi connectivity index (χ1n) is 7.79. The Labute approximate surface area is 153 Å². The van der Waals surface area contributed by atoms with Crippen molar-refractivity contribution in [1.29, 1.82) is 0 Å². The predicted octanol–water partition coefficient (Wildman–Crippen LogP) is 4.94. The lowest BCUT2D eigenvalue weighted by molar-refractivity contribution is -0.384. The van der Waals surface area contributed by atoms with Crippen molar-refractivity contribution in [3.05, 3.63) is 88.5 Å². The first kappa shape index (κ1) is 17.7. The molecule has 8 heteroatoms. The molecule has 0 aliphatic carbocycles. The van der Waals surface area contributed by atoms with Gasteiger partial charge in [-0.1, -0.05) is 0 Å². The third-order valence-electron chi connectivity index (χ3n) is 3.49. The topological polar surface area (TPSA) is 114 Å². The van der Waals surface area contributed by atoms with Gasteiger partial charge in [0, 0.05) is 12.1 Å². The molecule has 0 saturated carbocycles. The van der Waals surface area contributed by atoms with E-state index in [1.807, 2.05) is 0 Å². The van der Waals surface area contributed by atoms with E-state index in [0.717, 1.165) is 0 Å². The highest BCUT2D eigenvalue weighted by Crippen LogP contribution is 2.22. The summed E-state index contributed by atoms with van der Waals surface area (Å²) in [6.45, 7) is 0. The average Bonchev–Trinajstić information content (AvgIpc) is 2.69. The van der Waals surface area contributed by atoms with Crippen molar-refractivity contribution in [2.45, 2.75) is 0 Å². The third-order valence-corrected chi connectivity index (χ3v) is 3.49. The number of azo groups is 1. The zero-order chi connectivity index (χ0) is 19.2. The van der Waals surface area contributed by atoms with Crippen LogP contribution >= 0.6 is 0 Å². The molecule has 0 spiro atoms. The summed E-state index contributed by atoms with van der Waals surface area (Å²) in [6, 6.07) is 17.8. The molecular weight excluding hydrogens is 350 g/mol. The van der Waals surface area contributed by atoms with Crippen molar-refractivity contribution in [3.8, 4) is 11.5 Å². The molecule has 0 amide bonds. The molecule has 3 aromatic carbocycles. The summed E-state index contributed by atoms with van der Waals surface area (Å²) >= 11 is 0. The highest BCUT2D eigenvalue weighted by molar-refractivity contribution is 5.91. The Morgan fingerprint density at radius 2 is 1.37 bits per heavy atom. The zero-order valence-electron chi connectivity index (χ0n) is 13.9. The molecule has 0 bridgehead atoms. The molecule has 0 atom stereocenters. The molecule has 27 heavy (non-hydrogen) atoms. The second-order valence-electron chi connectivity index (χ2n) is 5.40. The summed E-state index contributed by atoms with van der Waals surface area (Å²) in [5, 5.41) is 27.8. The quantitative estimate of drug-likeness (QED) is 0.227. The Hall–Kier alpha value is -4.07. The van der Waals surface area contributed by atoms with Crippen LogP contribution in [0.5, 0.6) is 11.5 Å². The van der Waals surface area contributed by atoms with E-state index in [-0.39, 0.29) is 11.4 Å². The second-order valence-corrected chi connectivity index (χ2v) is 5.40. The minimum absolute atomic E-state index is 0.0227. The van der Waals surface area contributed by atoms with Gasteiger partial charge in [-0.15, -0.1) is 0 Å². The highest BCUT2D eigenvalue weighted by atomic mass is 16.6. The van der Waals surface area contributed by atoms with Crippen LogP contribution in [0.25, 0.3) is 0 Å². The molecule has 3 aromatic rings. The van der Waals surface area contributed by atoms with Crippen LogP contribution < -0.4 is 4.74 Å². The number of aromatic hydroxyl groups is 1. The van der Waals surface area contributed by atoms with Crippen LogP contribution in [0.1, 0.15) is 10.4 Å². The van der Waals surface area contributed by atoms with E-state index in [1.165, 1.54) is 48.5 Å². The molecule has 0 unspecified atom stereocenters. The number of phenols is 1. The van der Waals surface area contributed by atoms with Gasteiger partial charge in [-0.2, -0.15) is 10.2 Å². The number of phenolic OH excluding ortho intramolecular Hbond substituents is 1. The molecule has 0 saturated heterocycles. The van der Waals surface area contributed by atoms with Crippen molar-refractivity contribution >= 4 is 23.0 Å². The molecule has 3 rings (SSSR count). The number of benzene rings is 3. The minimum atomic E-state index is -0.542. The molecule has 0 fully saturated rings. The Morgan fingerprint density at radius 3 is 1.89 bits per heavy atom. The molecule has 0 aliphatic rings. The number of esters is 1. The van der Waals surface area contributed by atoms with Gasteiger partial charge >= 0.3 is 5.97 Å². The summed E-state index contributed by atoms with van der Waals surface area (Å²) in [6.07, 6.45) is 0. The van der Waals surface area contributed by atoms with Crippen LogP contribution in [-0.4, -0.2) is 16.0 Å². The maximum atomic E-state index is 12.1. The number of rotatable bonds is 5. The fourth-order valence-corrected chi connectivity index (χ4v) is 2.10. The van der Waals surface area contributed by atoms with E-state index in [0.29, 0.717) is 22.7 Å². The van der Waals surface area contributed by atoms with Crippen molar-refractivity contribution in [1.82, 2.24) is 0 Å². The van der Waals surface area contributed by atoms with Gasteiger partial charge in [0.15, 0.2) is 0 Å². The second kappa shape index (κ2) is 7.87. The Balaban J connectivity index is 1.64. The maximum absolute atomic E-state index is 12.1. The Morgan fingerprint density at radius 1 is 0.852 bits per heavy atom. The molecule has 1 N–H and O–H groups in total. The van der Waals surface area contributed by atoms with Crippen LogP contribution in [0.2, 0.25) is 0 Å². The lowest BCUT2D eigenvalue weighted by Gasteiger charge is -2.04. The average molecular weight is 363 g/mol. The first-order valence-corrected chi connectivity index (χ1v) is 7.79. The van der Waals surface area contributed by atoms with Gasteiger partial charge in [0.1, 0.15) is 11.5 Å². The van der Waals surface area contributed by atoms with E-state index < -0.39 is 10.9 Å². The van der Waals surface area contributed by atoms with E-state index in [9.17, 15) is 20.0 Å². The summed E-state index contributed by atoms with van der Waals surface area (Å²) in [7, 11) is 0. The van der Waals surface area contributed by atoms with Crippen molar-refractivity contribution in [2.75, 3.05) is 0 Å². The number of carbonyl (C=O) groups excluding carboxylic acids is 1. The summed E-state index contributed by atoms with van der Waals surface area (Å²) in [5.41, 5.74) is 1.29. The van der Waals surface area contributed by atoms with Gasteiger partial charge in [-0.3, -0.25) is 10.1 Å². The molecule has 0 aliphatic heterocycles.